The zero-order valence-corrected chi connectivity index (χ0v) is 9.57. The van der Waals surface area contributed by atoms with Gasteiger partial charge in [-0.05, 0) is 25.9 Å². The Balaban J connectivity index is 2.19. The maximum absolute atomic E-state index is 11.4. The van der Waals surface area contributed by atoms with Gasteiger partial charge in [-0.3, -0.25) is 4.79 Å². The van der Waals surface area contributed by atoms with Gasteiger partial charge in [0.1, 0.15) is 0 Å². The average Bonchev–Trinajstić information content (AvgIpc) is 2.26. The number of nitriles is 1. The van der Waals surface area contributed by atoms with Crippen LogP contribution in [0, 0.1) is 17.2 Å². The summed E-state index contributed by atoms with van der Waals surface area (Å²) in [7, 11) is 3.56. The summed E-state index contributed by atoms with van der Waals surface area (Å²) >= 11 is 0. The molecule has 4 nitrogen and oxygen atoms in total. The Labute approximate surface area is 91.5 Å². The van der Waals surface area contributed by atoms with Gasteiger partial charge in [-0.1, -0.05) is 0 Å². The van der Waals surface area contributed by atoms with Crippen molar-refractivity contribution in [3.8, 4) is 6.07 Å². The van der Waals surface area contributed by atoms with Crippen LogP contribution in [0.2, 0.25) is 0 Å². The predicted octanol–water partition coefficient (Wildman–Crippen LogP) is 0.700. The smallest absolute Gasteiger partial charge is 0.223 e. The van der Waals surface area contributed by atoms with Crippen LogP contribution in [0.15, 0.2) is 0 Å². The van der Waals surface area contributed by atoms with E-state index >= 15 is 0 Å². The summed E-state index contributed by atoms with van der Waals surface area (Å²) in [5, 5.41) is 8.74. The quantitative estimate of drug-likeness (QED) is 0.687. The van der Waals surface area contributed by atoms with E-state index in [2.05, 4.69) is 11.0 Å². The van der Waals surface area contributed by atoms with Crippen LogP contribution in [-0.2, 0) is 4.79 Å². The van der Waals surface area contributed by atoms with Crippen molar-refractivity contribution >= 4 is 5.91 Å². The Bertz CT molecular complexity index is 249. The fourth-order valence-corrected chi connectivity index (χ4v) is 1.76. The predicted molar refractivity (Wildman–Crippen MR) is 58.1 cm³/mol. The van der Waals surface area contributed by atoms with Crippen molar-refractivity contribution in [1.29, 1.82) is 5.26 Å². The molecule has 0 bridgehead atoms. The summed E-state index contributed by atoms with van der Waals surface area (Å²) in [4.78, 5) is 15.3. The molecule has 0 unspecified atom stereocenters. The van der Waals surface area contributed by atoms with Gasteiger partial charge in [0.25, 0.3) is 0 Å². The highest BCUT2D eigenvalue weighted by Crippen LogP contribution is 2.15. The van der Waals surface area contributed by atoms with E-state index < -0.39 is 0 Å². The van der Waals surface area contributed by atoms with Crippen molar-refractivity contribution in [2.45, 2.75) is 19.3 Å². The van der Waals surface area contributed by atoms with Gasteiger partial charge in [0.05, 0.1) is 6.07 Å². The minimum atomic E-state index is 0.178. The zero-order chi connectivity index (χ0) is 11.3. The van der Waals surface area contributed by atoms with Crippen LogP contribution in [0.1, 0.15) is 19.3 Å². The Kier molecular flexibility index (Phi) is 4.57. The molecule has 1 saturated heterocycles. The average molecular weight is 209 g/mol. The number of rotatable bonds is 3. The summed E-state index contributed by atoms with van der Waals surface area (Å²) in [6.45, 7) is 2.74. The second-order valence-electron chi connectivity index (χ2n) is 4.28. The first-order valence-corrected chi connectivity index (χ1v) is 5.45. The molecule has 84 valence electrons. The number of amides is 1. The van der Waals surface area contributed by atoms with Gasteiger partial charge in [0, 0.05) is 33.0 Å². The fraction of sp³-hybridized carbons (Fsp3) is 0.818. The lowest BCUT2D eigenvalue weighted by Gasteiger charge is -2.28. The second kappa shape index (κ2) is 5.72. The lowest BCUT2D eigenvalue weighted by atomic mass is 9.98. The van der Waals surface area contributed by atoms with Gasteiger partial charge in [-0.2, -0.15) is 5.26 Å². The van der Waals surface area contributed by atoms with Crippen molar-refractivity contribution < 1.29 is 4.79 Å². The normalized spacial score (nSPS) is 18.5. The van der Waals surface area contributed by atoms with Gasteiger partial charge in [0.15, 0.2) is 0 Å². The highest BCUT2D eigenvalue weighted by atomic mass is 16.2. The van der Waals surface area contributed by atoms with Crippen molar-refractivity contribution in [3.05, 3.63) is 0 Å². The summed E-state index contributed by atoms with van der Waals surface area (Å²) < 4.78 is 0. The number of hydrogen-bond donors (Lipinski definition) is 0. The Morgan fingerprint density at radius 3 is 2.53 bits per heavy atom. The van der Waals surface area contributed by atoms with Crippen molar-refractivity contribution in [2.24, 2.45) is 5.92 Å². The van der Waals surface area contributed by atoms with Crippen molar-refractivity contribution in [3.63, 3.8) is 0 Å². The summed E-state index contributed by atoms with van der Waals surface area (Å²) in [6.07, 6.45) is 2.49. The summed E-state index contributed by atoms with van der Waals surface area (Å²) in [5.74, 6) is 0.406. The molecule has 0 saturated carbocycles. The first-order chi connectivity index (χ1) is 7.13. The van der Waals surface area contributed by atoms with Crippen molar-refractivity contribution in [2.75, 3.05) is 33.7 Å². The van der Waals surface area contributed by atoms with Crippen LogP contribution in [0.25, 0.3) is 0 Å². The third kappa shape index (κ3) is 3.88. The van der Waals surface area contributed by atoms with Gasteiger partial charge in [-0.15, -0.1) is 0 Å². The monoisotopic (exact) mass is 209 g/mol. The largest absolute Gasteiger partial charge is 0.349 e. The summed E-state index contributed by atoms with van der Waals surface area (Å²) in [5.41, 5.74) is 0. The van der Waals surface area contributed by atoms with E-state index in [1.54, 1.807) is 19.0 Å². The number of hydrogen-bond acceptors (Lipinski definition) is 3. The van der Waals surface area contributed by atoms with Crippen LogP contribution < -0.4 is 0 Å². The molecular weight excluding hydrogens is 190 g/mol. The molecule has 0 atom stereocenters. The van der Waals surface area contributed by atoms with Crippen LogP contribution >= 0.6 is 0 Å². The van der Waals surface area contributed by atoms with E-state index in [4.69, 9.17) is 5.26 Å². The van der Waals surface area contributed by atoms with E-state index in [-0.39, 0.29) is 11.8 Å². The first-order valence-electron chi connectivity index (χ1n) is 5.45. The maximum Gasteiger partial charge on any atom is 0.223 e. The molecule has 0 spiro atoms. The minimum absolute atomic E-state index is 0.178. The Morgan fingerprint density at radius 1 is 1.47 bits per heavy atom. The van der Waals surface area contributed by atoms with E-state index in [0.29, 0.717) is 6.42 Å². The number of nitrogens with zero attached hydrogens (tertiary/aromatic N) is 3. The highest BCUT2D eigenvalue weighted by Gasteiger charge is 2.19. The first kappa shape index (κ1) is 12.0. The van der Waals surface area contributed by atoms with E-state index in [1.807, 2.05) is 0 Å². The molecule has 1 aliphatic rings. The van der Waals surface area contributed by atoms with Crippen LogP contribution in [-0.4, -0.2) is 49.4 Å². The molecule has 0 aromatic heterocycles. The minimum Gasteiger partial charge on any atom is -0.349 e. The maximum atomic E-state index is 11.4. The van der Waals surface area contributed by atoms with Crippen LogP contribution in [0.5, 0.6) is 0 Å². The molecule has 1 fully saturated rings. The topological polar surface area (TPSA) is 47.3 Å². The Morgan fingerprint density at radius 2 is 2.07 bits per heavy atom. The molecule has 0 aliphatic carbocycles. The molecule has 1 amide bonds. The second-order valence-corrected chi connectivity index (χ2v) is 4.28. The summed E-state index contributed by atoms with van der Waals surface area (Å²) in [6, 6.07) is 2.31. The van der Waals surface area contributed by atoms with Crippen LogP contribution in [0.4, 0.5) is 0 Å². The molecule has 0 aromatic carbocycles. The third-order valence-electron chi connectivity index (χ3n) is 2.91. The lowest BCUT2D eigenvalue weighted by molar-refractivity contribution is -0.129. The number of likely N-dealkylation sites (tertiary alicyclic amines) is 1. The van der Waals surface area contributed by atoms with Gasteiger partial charge in [-0.25, -0.2) is 0 Å². The molecule has 4 heteroatoms. The van der Waals surface area contributed by atoms with E-state index in [0.717, 1.165) is 32.5 Å². The highest BCUT2D eigenvalue weighted by molar-refractivity contribution is 5.75. The van der Waals surface area contributed by atoms with Gasteiger partial charge >= 0.3 is 0 Å². The van der Waals surface area contributed by atoms with E-state index in [9.17, 15) is 4.79 Å². The molecule has 1 rings (SSSR count). The molecule has 1 heterocycles. The SMILES string of the molecule is CN(C)C(=O)CCN1CCC(C#N)CC1. The molecular formula is C11H19N3O. The molecule has 0 N–H and O–H groups in total. The third-order valence-corrected chi connectivity index (χ3v) is 2.91. The Hall–Kier alpha value is -1.08. The standard InChI is InChI=1S/C11H19N3O/c1-13(2)11(15)5-8-14-6-3-10(9-12)4-7-14/h10H,3-8H2,1-2H3. The zero-order valence-electron chi connectivity index (χ0n) is 9.57. The van der Waals surface area contributed by atoms with Gasteiger partial charge < -0.3 is 9.80 Å². The van der Waals surface area contributed by atoms with Crippen molar-refractivity contribution in [1.82, 2.24) is 9.80 Å². The van der Waals surface area contributed by atoms with E-state index in [1.165, 1.54) is 0 Å². The number of carbonyl (C=O) groups is 1. The fourth-order valence-electron chi connectivity index (χ4n) is 1.76. The lowest BCUT2D eigenvalue weighted by Crippen LogP contribution is -2.36. The molecule has 15 heavy (non-hydrogen) atoms. The molecule has 1 aliphatic heterocycles. The van der Waals surface area contributed by atoms with Gasteiger partial charge in [0.2, 0.25) is 5.91 Å². The molecule has 0 aromatic rings. The number of carbonyl (C=O) groups excluding carboxylic acids is 1. The number of piperidine rings is 1. The van der Waals surface area contributed by atoms with Crippen LogP contribution in [0.3, 0.4) is 0 Å². The molecule has 0 radical (unpaired) electrons.